The summed E-state index contributed by atoms with van der Waals surface area (Å²) >= 11 is 3.36. The van der Waals surface area contributed by atoms with Crippen molar-refractivity contribution in [3.63, 3.8) is 0 Å². The predicted octanol–water partition coefficient (Wildman–Crippen LogP) is 2.98. The van der Waals surface area contributed by atoms with Crippen molar-refractivity contribution in [3.05, 3.63) is 28.7 Å². The van der Waals surface area contributed by atoms with Gasteiger partial charge in [0, 0.05) is 10.5 Å². The monoisotopic (exact) mass is 369 g/mol. The number of carbonyl (C=O) groups is 2. The Morgan fingerprint density at radius 2 is 2.00 bits per heavy atom. The van der Waals surface area contributed by atoms with Crippen LogP contribution in [0.3, 0.4) is 0 Å². The molecule has 0 heterocycles. The van der Waals surface area contributed by atoms with E-state index in [1.54, 1.807) is 13.0 Å². The van der Waals surface area contributed by atoms with Gasteiger partial charge in [0.1, 0.15) is 5.75 Å². The van der Waals surface area contributed by atoms with E-state index in [4.69, 9.17) is 9.84 Å². The summed E-state index contributed by atoms with van der Waals surface area (Å²) in [6, 6.07) is 7.38. The van der Waals surface area contributed by atoms with E-state index in [0.29, 0.717) is 31.4 Å². The lowest BCUT2D eigenvalue weighted by atomic mass is 9.86. The first-order valence-corrected chi connectivity index (χ1v) is 8.20. The number of hydrogen-bond donors (Lipinski definition) is 2. The zero-order valence-electron chi connectivity index (χ0n) is 12.4. The van der Waals surface area contributed by atoms with Crippen LogP contribution in [0.5, 0.6) is 5.75 Å². The molecule has 120 valence electrons. The minimum Gasteiger partial charge on any atom is -0.481 e. The molecule has 2 N–H and O–H groups in total. The minimum absolute atomic E-state index is 0.0386. The third-order valence-corrected chi connectivity index (χ3v) is 4.39. The lowest BCUT2D eigenvalue weighted by Crippen LogP contribution is -2.44. The minimum atomic E-state index is -0.740. The molecule has 2 rings (SSSR count). The largest absolute Gasteiger partial charge is 0.481 e. The van der Waals surface area contributed by atoms with Gasteiger partial charge in [-0.05, 0) is 50.8 Å². The number of ether oxygens (including phenoxy) is 1. The number of rotatable bonds is 5. The van der Waals surface area contributed by atoms with Gasteiger partial charge in [-0.15, -0.1) is 0 Å². The van der Waals surface area contributed by atoms with Crippen LogP contribution in [0, 0.1) is 5.92 Å². The molecular formula is C16H20BrNO4. The molecule has 1 atom stereocenters. The molecular weight excluding hydrogens is 350 g/mol. The van der Waals surface area contributed by atoms with Crippen LogP contribution < -0.4 is 10.1 Å². The third kappa shape index (κ3) is 4.73. The van der Waals surface area contributed by atoms with Crippen molar-refractivity contribution in [2.75, 3.05) is 0 Å². The van der Waals surface area contributed by atoms with Crippen molar-refractivity contribution in [1.29, 1.82) is 0 Å². The Labute approximate surface area is 138 Å². The van der Waals surface area contributed by atoms with E-state index < -0.39 is 12.1 Å². The summed E-state index contributed by atoms with van der Waals surface area (Å²) < 4.78 is 6.51. The Hall–Kier alpha value is -1.56. The molecule has 1 aliphatic carbocycles. The van der Waals surface area contributed by atoms with Gasteiger partial charge in [-0.3, -0.25) is 9.59 Å². The van der Waals surface area contributed by atoms with Gasteiger partial charge in [0.2, 0.25) is 0 Å². The Morgan fingerprint density at radius 1 is 1.32 bits per heavy atom. The maximum atomic E-state index is 12.2. The standard InChI is InChI=1S/C16H20BrNO4/c1-10(22-14-4-2-3-12(17)9-14)15(19)18-13-7-5-11(6-8-13)16(20)21/h2-4,9-11,13H,5-8H2,1H3,(H,18,19)(H,20,21). The first-order valence-electron chi connectivity index (χ1n) is 7.41. The molecule has 1 aromatic carbocycles. The Bertz CT molecular complexity index is 541. The SMILES string of the molecule is CC(Oc1cccc(Br)c1)C(=O)NC1CCC(C(=O)O)CC1. The van der Waals surface area contributed by atoms with E-state index in [0.717, 1.165) is 4.47 Å². The number of nitrogens with one attached hydrogen (secondary N) is 1. The normalized spacial score (nSPS) is 22.6. The van der Waals surface area contributed by atoms with Crippen LogP contribution in [0.2, 0.25) is 0 Å². The summed E-state index contributed by atoms with van der Waals surface area (Å²) in [6.07, 6.45) is 2.03. The number of amides is 1. The molecule has 0 saturated heterocycles. The smallest absolute Gasteiger partial charge is 0.306 e. The molecule has 0 radical (unpaired) electrons. The molecule has 1 amide bonds. The van der Waals surface area contributed by atoms with Crippen LogP contribution in [0.25, 0.3) is 0 Å². The second kappa shape index (κ2) is 7.63. The Morgan fingerprint density at radius 3 is 2.59 bits per heavy atom. The van der Waals surface area contributed by atoms with Crippen LogP contribution in [0.15, 0.2) is 28.7 Å². The first-order chi connectivity index (χ1) is 10.5. The summed E-state index contributed by atoms with van der Waals surface area (Å²) in [5.41, 5.74) is 0. The molecule has 5 nitrogen and oxygen atoms in total. The number of hydrogen-bond acceptors (Lipinski definition) is 3. The van der Waals surface area contributed by atoms with E-state index >= 15 is 0 Å². The average molecular weight is 370 g/mol. The molecule has 1 aliphatic rings. The first kappa shape index (κ1) is 16.8. The quantitative estimate of drug-likeness (QED) is 0.836. The summed E-state index contributed by atoms with van der Waals surface area (Å²) in [5, 5.41) is 11.9. The molecule has 1 aromatic rings. The highest BCUT2D eigenvalue weighted by molar-refractivity contribution is 9.10. The lowest BCUT2D eigenvalue weighted by molar-refractivity contribution is -0.142. The molecule has 1 unspecified atom stereocenters. The second-order valence-electron chi connectivity index (χ2n) is 5.61. The summed E-state index contributed by atoms with van der Waals surface area (Å²) in [5.74, 6) is -0.551. The number of aliphatic carboxylic acids is 1. The zero-order chi connectivity index (χ0) is 16.1. The summed E-state index contributed by atoms with van der Waals surface area (Å²) in [7, 11) is 0. The number of carbonyl (C=O) groups excluding carboxylic acids is 1. The lowest BCUT2D eigenvalue weighted by Gasteiger charge is -2.27. The van der Waals surface area contributed by atoms with Gasteiger partial charge in [0.15, 0.2) is 6.10 Å². The molecule has 0 spiro atoms. The van der Waals surface area contributed by atoms with E-state index in [9.17, 15) is 9.59 Å². The molecule has 1 fully saturated rings. The van der Waals surface area contributed by atoms with Crippen molar-refractivity contribution < 1.29 is 19.4 Å². The number of carboxylic acid groups (broad SMARTS) is 1. The fourth-order valence-corrected chi connectivity index (χ4v) is 2.98. The second-order valence-corrected chi connectivity index (χ2v) is 6.53. The van der Waals surface area contributed by atoms with E-state index in [1.807, 2.05) is 18.2 Å². The van der Waals surface area contributed by atoms with Gasteiger partial charge < -0.3 is 15.2 Å². The Kier molecular flexibility index (Phi) is 5.83. The summed E-state index contributed by atoms with van der Waals surface area (Å²) in [6.45, 7) is 1.71. The zero-order valence-corrected chi connectivity index (χ0v) is 14.0. The number of carboxylic acids is 1. The number of benzene rings is 1. The topological polar surface area (TPSA) is 75.6 Å². The van der Waals surface area contributed by atoms with E-state index in [2.05, 4.69) is 21.2 Å². The van der Waals surface area contributed by atoms with Gasteiger partial charge in [-0.2, -0.15) is 0 Å². The molecule has 1 saturated carbocycles. The van der Waals surface area contributed by atoms with Crippen LogP contribution in [0.1, 0.15) is 32.6 Å². The fourth-order valence-electron chi connectivity index (χ4n) is 2.60. The van der Waals surface area contributed by atoms with Crippen molar-refractivity contribution >= 4 is 27.8 Å². The van der Waals surface area contributed by atoms with Crippen LogP contribution >= 0.6 is 15.9 Å². The molecule has 0 aromatic heterocycles. The molecule has 0 bridgehead atoms. The van der Waals surface area contributed by atoms with Crippen LogP contribution in [0.4, 0.5) is 0 Å². The van der Waals surface area contributed by atoms with Crippen molar-refractivity contribution in [2.24, 2.45) is 5.92 Å². The summed E-state index contributed by atoms with van der Waals surface area (Å²) in [4.78, 5) is 23.1. The molecule has 6 heteroatoms. The van der Waals surface area contributed by atoms with Gasteiger partial charge in [-0.25, -0.2) is 0 Å². The van der Waals surface area contributed by atoms with Gasteiger partial charge >= 0.3 is 5.97 Å². The predicted molar refractivity (Wildman–Crippen MR) is 85.8 cm³/mol. The van der Waals surface area contributed by atoms with Crippen LogP contribution in [-0.2, 0) is 9.59 Å². The average Bonchev–Trinajstić information content (AvgIpc) is 2.47. The van der Waals surface area contributed by atoms with Gasteiger partial charge in [-0.1, -0.05) is 22.0 Å². The maximum absolute atomic E-state index is 12.2. The van der Waals surface area contributed by atoms with Crippen molar-refractivity contribution in [3.8, 4) is 5.75 Å². The van der Waals surface area contributed by atoms with Crippen molar-refractivity contribution in [2.45, 2.75) is 44.8 Å². The highest BCUT2D eigenvalue weighted by Crippen LogP contribution is 2.24. The van der Waals surface area contributed by atoms with Gasteiger partial charge in [0.05, 0.1) is 5.92 Å². The Balaban J connectivity index is 1.81. The van der Waals surface area contributed by atoms with Crippen molar-refractivity contribution in [1.82, 2.24) is 5.32 Å². The fraction of sp³-hybridized carbons (Fsp3) is 0.500. The molecule has 0 aliphatic heterocycles. The molecule has 22 heavy (non-hydrogen) atoms. The van der Waals surface area contributed by atoms with E-state index in [1.165, 1.54) is 0 Å². The number of halogens is 1. The van der Waals surface area contributed by atoms with Crippen LogP contribution in [-0.4, -0.2) is 29.1 Å². The highest BCUT2D eigenvalue weighted by atomic mass is 79.9. The maximum Gasteiger partial charge on any atom is 0.306 e. The van der Waals surface area contributed by atoms with Gasteiger partial charge in [0.25, 0.3) is 5.91 Å². The highest BCUT2D eigenvalue weighted by Gasteiger charge is 2.28. The third-order valence-electron chi connectivity index (χ3n) is 3.90. The van der Waals surface area contributed by atoms with E-state index in [-0.39, 0.29) is 17.9 Å².